The highest BCUT2D eigenvalue weighted by Gasteiger charge is 2.27. The summed E-state index contributed by atoms with van der Waals surface area (Å²) in [6.45, 7) is 8.35. The van der Waals surface area contributed by atoms with Crippen LogP contribution in [-0.2, 0) is 4.79 Å². The Kier molecular flexibility index (Phi) is 5.00. The van der Waals surface area contributed by atoms with Crippen molar-refractivity contribution in [2.24, 2.45) is 0 Å². The van der Waals surface area contributed by atoms with Crippen LogP contribution in [0.3, 0.4) is 0 Å². The lowest BCUT2D eigenvalue weighted by Gasteiger charge is -2.40. The summed E-state index contributed by atoms with van der Waals surface area (Å²) in [6, 6.07) is 4.33. The Hall–Kier alpha value is -1.75. The van der Waals surface area contributed by atoms with E-state index in [1.165, 1.54) is 6.07 Å². The fourth-order valence-corrected chi connectivity index (χ4v) is 2.37. The zero-order chi connectivity index (χ0) is 15.5. The van der Waals surface area contributed by atoms with Crippen LogP contribution in [0.4, 0.5) is 0 Å². The summed E-state index contributed by atoms with van der Waals surface area (Å²) < 4.78 is 0. The van der Waals surface area contributed by atoms with E-state index in [4.69, 9.17) is 5.11 Å². The molecule has 0 aromatic heterocycles. The molecule has 0 spiro atoms. The minimum Gasteiger partial charge on any atom is -0.508 e. The number of aromatic hydroxyl groups is 2. The number of hydrogen-bond donors (Lipinski definition) is 3. The number of hydrogen-bond acceptors (Lipinski definition) is 4. The number of nitrogens with zero attached hydrogens (tertiary/aromatic N) is 1. The van der Waals surface area contributed by atoms with Crippen LogP contribution in [0.25, 0.3) is 0 Å². The van der Waals surface area contributed by atoms with E-state index in [0.29, 0.717) is 6.54 Å². The number of rotatable bonds is 5. The Morgan fingerprint density at radius 1 is 1.20 bits per heavy atom. The molecule has 20 heavy (non-hydrogen) atoms. The molecule has 0 saturated heterocycles. The molecule has 0 saturated carbocycles. The summed E-state index contributed by atoms with van der Waals surface area (Å²) in [5, 5.41) is 28.0. The van der Waals surface area contributed by atoms with Crippen LogP contribution in [0.1, 0.15) is 45.7 Å². The molecule has 0 aliphatic heterocycles. The Morgan fingerprint density at radius 2 is 1.70 bits per heavy atom. The van der Waals surface area contributed by atoms with Crippen LogP contribution in [0.2, 0.25) is 0 Å². The van der Waals surface area contributed by atoms with Crippen LogP contribution >= 0.6 is 0 Å². The average molecular weight is 281 g/mol. The summed E-state index contributed by atoms with van der Waals surface area (Å²) in [5.41, 5.74) is 0.526. The van der Waals surface area contributed by atoms with Gasteiger partial charge in [-0.1, -0.05) is 0 Å². The van der Waals surface area contributed by atoms with Crippen LogP contribution in [0.15, 0.2) is 18.2 Å². The van der Waals surface area contributed by atoms with Gasteiger partial charge in [-0.25, -0.2) is 0 Å². The quantitative estimate of drug-likeness (QED) is 0.773. The number of benzene rings is 1. The summed E-state index contributed by atoms with van der Waals surface area (Å²) >= 11 is 0. The van der Waals surface area contributed by atoms with Gasteiger partial charge in [0.15, 0.2) is 0 Å². The topological polar surface area (TPSA) is 81.0 Å². The van der Waals surface area contributed by atoms with Crippen molar-refractivity contribution in [2.75, 3.05) is 6.54 Å². The first kappa shape index (κ1) is 16.3. The molecule has 3 N–H and O–H groups in total. The van der Waals surface area contributed by atoms with Gasteiger partial charge in [-0.2, -0.15) is 0 Å². The SMILES string of the molecule is CC(c1cc(O)cc(O)c1)N(CCC(=O)O)C(C)(C)C. The van der Waals surface area contributed by atoms with Crippen molar-refractivity contribution in [3.05, 3.63) is 23.8 Å². The van der Waals surface area contributed by atoms with E-state index in [9.17, 15) is 15.0 Å². The van der Waals surface area contributed by atoms with Gasteiger partial charge in [0.2, 0.25) is 0 Å². The summed E-state index contributed by atoms with van der Waals surface area (Å²) in [6.07, 6.45) is 0.0480. The van der Waals surface area contributed by atoms with E-state index in [2.05, 4.69) is 0 Å². The van der Waals surface area contributed by atoms with Crippen molar-refractivity contribution in [3.8, 4) is 11.5 Å². The van der Waals surface area contributed by atoms with Crippen LogP contribution in [-0.4, -0.2) is 38.3 Å². The average Bonchev–Trinajstić information content (AvgIpc) is 2.25. The number of aliphatic carboxylic acids is 1. The van der Waals surface area contributed by atoms with Crippen molar-refractivity contribution < 1.29 is 20.1 Å². The normalized spacial score (nSPS) is 13.4. The third-order valence-corrected chi connectivity index (χ3v) is 3.30. The van der Waals surface area contributed by atoms with Gasteiger partial charge < -0.3 is 15.3 Å². The highest BCUT2D eigenvalue weighted by molar-refractivity contribution is 5.66. The second kappa shape index (κ2) is 6.13. The van der Waals surface area contributed by atoms with Gasteiger partial charge in [0.25, 0.3) is 0 Å². The molecule has 0 radical (unpaired) electrons. The Bertz CT molecular complexity index is 459. The van der Waals surface area contributed by atoms with Crippen LogP contribution in [0, 0.1) is 0 Å². The largest absolute Gasteiger partial charge is 0.508 e. The molecular formula is C15H23NO4. The maximum atomic E-state index is 10.8. The molecule has 0 aliphatic rings. The summed E-state index contributed by atoms with van der Waals surface area (Å²) in [5.74, 6) is -0.844. The van der Waals surface area contributed by atoms with Crippen molar-refractivity contribution in [2.45, 2.75) is 45.7 Å². The van der Waals surface area contributed by atoms with E-state index in [1.54, 1.807) is 12.1 Å². The molecule has 0 fully saturated rings. The molecule has 112 valence electrons. The van der Waals surface area contributed by atoms with Gasteiger partial charge in [-0.05, 0) is 45.4 Å². The highest BCUT2D eigenvalue weighted by Crippen LogP contribution is 2.32. The second-order valence-electron chi connectivity index (χ2n) is 5.97. The first-order valence-electron chi connectivity index (χ1n) is 6.62. The molecule has 1 unspecified atom stereocenters. The number of carbonyl (C=O) groups is 1. The predicted molar refractivity (Wildman–Crippen MR) is 76.9 cm³/mol. The minimum absolute atomic E-state index is 0.000978. The second-order valence-corrected chi connectivity index (χ2v) is 5.97. The summed E-state index contributed by atoms with van der Waals surface area (Å²) in [4.78, 5) is 12.8. The standard InChI is InChI=1S/C15H23NO4/c1-10(11-7-12(17)9-13(18)8-11)16(15(2,3)4)6-5-14(19)20/h7-10,17-18H,5-6H2,1-4H3,(H,19,20). The lowest BCUT2D eigenvalue weighted by molar-refractivity contribution is -0.137. The molecule has 1 aromatic carbocycles. The third kappa shape index (κ3) is 4.42. The van der Waals surface area contributed by atoms with Gasteiger partial charge in [0.1, 0.15) is 11.5 Å². The zero-order valence-corrected chi connectivity index (χ0v) is 12.4. The molecule has 0 bridgehead atoms. The van der Waals surface area contributed by atoms with Crippen molar-refractivity contribution in [1.29, 1.82) is 0 Å². The fourth-order valence-electron chi connectivity index (χ4n) is 2.37. The maximum Gasteiger partial charge on any atom is 0.304 e. The fraction of sp³-hybridized carbons (Fsp3) is 0.533. The highest BCUT2D eigenvalue weighted by atomic mass is 16.4. The van der Waals surface area contributed by atoms with Gasteiger partial charge in [-0.3, -0.25) is 9.69 Å². The lowest BCUT2D eigenvalue weighted by atomic mass is 9.98. The molecule has 1 aromatic rings. The molecule has 5 nitrogen and oxygen atoms in total. The van der Waals surface area contributed by atoms with E-state index >= 15 is 0 Å². The predicted octanol–water partition coefficient (Wildman–Crippen LogP) is 2.73. The van der Waals surface area contributed by atoms with Crippen molar-refractivity contribution in [3.63, 3.8) is 0 Å². The molecule has 0 amide bonds. The van der Waals surface area contributed by atoms with Crippen molar-refractivity contribution >= 4 is 5.97 Å². The molecule has 0 heterocycles. The molecule has 1 atom stereocenters. The number of phenolic OH excluding ortho intramolecular Hbond substituents is 2. The molecular weight excluding hydrogens is 258 g/mol. The number of carboxylic acids is 1. The van der Waals surface area contributed by atoms with Gasteiger partial charge in [0.05, 0.1) is 6.42 Å². The smallest absolute Gasteiger partial charge is 0.304 e. The van der Waals surface area contributed by atoms with E-state index in [0.717, 1.165) is 5.56 Å². The molecule has 5 heteroatoms. The number of phenols is 2. The van der Waals surface area contributed by atoms with Gasteiger partial charge in [-0.15, -0.1) is 0 Å². The third-order valence-electron chi connectivity index (χ3n) is 3.30. The van der Waals surface area contributed by atoms with Gasteiger partial charge >= 0.3 is 5.97 Å². The van der Waals surface area contributed by atoms with Crippen LogP contribution in [0.5, 0.6) is 11.5 Å². The first-order valence-corrected chi connectivity index (χ1v) is 6.62. The van der Waals surface area contributed by atoms with E-state index < -0.39 is 5.97 Å². The Morgan fingerprint density at radius 3 is 2.10 bits per heavy atom. The lowest BCUT2D eigenvalue weighted by Crippen LogP contribution is -2.44. The van der Waals surface area contributed by atoms with Gasteiger partial charge in [0, 0.05) is 24.2 Å². The minimum atomic E-state index is -0.842. The Balaban J connectivity index is 3.03. The zero-order valence-electron chi connectivity index (χ0n) is 12.4. The van der Waals surface area contributed by atoms with E-state index in [-0.39, 0.29) is 29.5 Å². The summed E-state index contributed by atoms with van der Waals surface area (Å²) in [7, 11) is 0. The maximum absolute atomic E-state index is 10.8. The molecule has 1 rings (SSSR count). The monoisotopic (exact) mass is 281 g/mol. The first-order chi connectivity index (χ1) is 9.11. The van der Waals surface area contributed by atoms with E-state index in [1.807, 2.05) is 32.6 Å². The van der Waals surface area contributed by atoms with Crippen LogP contribution < -0.4 is 0 Å². The number of carboxylic acid groups (broad SMARTS) is 1. The van der Waals surface area contributed by atoms with Crippen molar-refractivity contribution in [1.82, 2.24) is 4.90 Å². The Labute approximate surface area is 119 Å². The molecule has 0 aliphatic carbocycles.